The van der Waals surface area contributed by atoms with E-state index < -0.39 is 6.10 Å². The molecule has 82 valence electrons. The third-order valence-corrected chi connectivity index (χ3v) is 2.48. The lowest BCUT2D eigenvalue weighted by molar-refractivity contribution is 0.215. The fourth-order valence-corrected chi connectivity index (χ4v) is 1.59. The molecule has 2 rings (SSSR count). The van der Waals surface area contributed by atoms with Crippen LogP contribution < -0.4 is 0 Å². The topological polar surface area (TPSA) is 46.0 Å². The summed E-state index contributed by atoms with van der Waals surface area (Å²) < 4.78 is 0. The number of hydrogen-bond donors (Lipinski definition) is 1. The first-order valence-electron chi connectivity index (χ1n) is 4.89. The Bertz CT molecular complexity index is 485. The second-order valence-electron chi connectivity index (χ2n) is 3.54. The van der Waals surface area contributed by atoms with Gasteiger partial charge in [-0.05, 0) is 24.6 Å². The average molecular weight is 235 g/mol. The van der Waals surface area contributed by atoms with Crippen molar-refractivity contribution in [2.24, 2.45) is 0 Å². The molecule has 0 aliphatic rings. The van der Waals surface area contributed by atoms with Crippen LogP contribution in [0.15, 0.2) is 36.7 Å². The summed E-state index contributed by atoms with van der Waals surface area (Å²) in [5.74, 6) is 0. The van der Waals surface area contributed by atoms with E-state index in [2.05, 4.69) is 9.97 Å². The van der Waals surface area contributed by atoms with Gasteiger partial charge in [0.2, 0.25) is 0 Å². The van der Waals surface area contributed by atoms with Gasteiger partial charge in [0.15, 0.2) is 0 Å². The van der Waals surface area contributed by atoms with Crippen molar-refractivity contribution >= 4 is 11.6 Å². The fraction of sp³-hybridized carbons (Fsp3) is 0.167. The number of rotatable bonds is 2. The number of hydrogen-bond acceptors (Lipinski definition) is 3. The first kappa shape index (κ1) is 11.0. The number of nitrogens with zero attached hydrogens (tertiary/aromatic N) is 2. The van der Waals surface area contributed by atoms with Gasteiger partial charge in [0, 0.05) is 11.2 Å². The summed E-state index contributed by atoms with van der Waals surface area (Å²) in [7, 11) is 0. The second kappa shape index (κ2) is 4.60. The fourth-order valence-electron chi connectivity index (χ4n) is 1.39. The lowest BCUT2D eigenvalue weighted by Crippen LogP contribution is -2.03. The number of aliphatic hydroxyl groups excluding tert-OH is 1. The van der Waals surface area contributed by atoms with Crippen LogP contribution >= 0.6 is 11.6 Å². The highest BCUT2D eigenvalue weighted by Crippen LogP contribution is 2.22. The molecule has 0 saturated carbocycles. The zero-order chi connectivity index (χ0) is 11.5. The standard InChI is InChI=1S/C12H11ClN2O/c1-8-6-15-11(7-14-8)12(16)9-3-2-4-10(13)5-9/h2-7,12,16H,1H3. The molecule has 1 heterocycles. The third-order valence-electron chi connectivity index (χ3n) is 2.25. The maximum Gasteiger partial charge on any atom is 0.123 e. The van der Waals surface area contributed by atoms with Gasteiger partial charge in [-0.2, -0.15) is 0 Å². The molecule has 0 saturated heterocycles. The van der Waals surface area contributed by atoms with Crippen LogP contribution in [-0.2, 0) is 0 Å². The van der Waals surface area contributed by atoms with Crippen molar-refractivity contribution < 1.29 is 5.11 Å². The van der Waals surface area contributed by atoms with E-state index in [0.717, 1.165) is 5.69 Å². The largest absolute Gasteiger partial charge is 0.382 e. The van der Waals surface area contributed by atoms with Gasteiger partial charge < -0.3 is 5.11 Å². The van der Waals surface area contributed by atoms with Crippen molar-refractivity contribution in [1.29, 1.82) is 0 Å². The molecule has 0 amide bonds. The van der Waals surface area contributed by atoms with Crippen LogP contribution in [0.25, 0.3) is 0 Å². The summed E-state index contributed by atoms with van der Waals surface area (Å²) in [6.45, 7) is 1.85. The Morgan fingerprint density at radius 1 is 1.25 bits per heavy atom. The summed E-state index contributed by atoms with van der Waals surface area (Å²) in [4.78, 5) is 8.22. The quantitative estimate of drug-likeness (QED) is 0.869. The molecule has 0 spiro atoms. The van der Waals surface area contributed by atoms with Gasteiger partial charge in [-0.3, -0.25) is 9.97 Å². The predicted octanol–water partition coefficient (Wildman–Crippen LogP) is 2.52. The molecule has 1 aromatic heterocycles. The molecule has 1 aromatic carbocycles. The van der Waals surface area contributed by atoms with Gasteiger partial charge in [-0.25, -0.2) is 0 Å². The number of aliphatic hydroxyl groups is 1. The number of aryl methyl sites for hydroxylation is 1. The molecule has 0 radical (unpaired) electrons. The Hall–Kier alpha value is -1.45. The summed E-state index contributed by atoms with van der Waals surface area (Å²) >= 11 is 5.85. The minimum absolute atomic E-state index is 0.521. The van der Waals surface area contributed by atoms with Gasteiger partial charge in [-0.1, -0.05) is 23.7 Å². The first-order chi connectivity index (χ1) is 7.66. The van der Waals surface area contributed by atoms with Gasteiger partial charge in [-0.15, -0.1) is 0 Å². The summed E-state index contributed by atoms with van der Waals surface area (Å²) in [6, 6.07) is 7.08. The smallest absolute Gasteiger partial charge is 0.123 e. The first-order valence-corrected chi connectivity index (χ1v) is 5.26. The van der Waals surface area contributed by atoms with E-state index in [0.29, 0.717) is 16.3 Å². The maximum atomic E-state index is 10.0. The second-order valence-corrected chi connectivity index (χ2v) is 3.98. The normalized spacial score (nSPS) is 12.4. The summed E-state index contributed by atoms with van der Waals surface area (Å²) in [5.41, 5.74) is 2.06. The number of halogens is 1. The zero-order valence-corrected chi connectivity index (χ0v) is 9.52. The molecule has 0 aliphatic carbocycles. The van der Waals surface area contributed by atoms with Gasteiger partial charge in [0.25, 0.3) is 0 Å². The minimum Gasteiger partial charge on any atom is -0.382 e. The van der Waals surface area contributed by atoms with E-state index in [1.807, 2.05) is 6.92 Å². The van der Waals surface area contributed by atoms with E-state index in [1.165, 1.54) is 0 Å². The van der Waals surface area contributed by atoms with Gasteiger partial charge >= 0.3 is 0 Å². The summed E-state index contributed by atoms with van der Waals surface area (Å²) in [5, 5.41) is 10.6. The molecule has 0 fully saturated rings. The number of benzene rings is 1. The molecular weight excluding hydrogens is 224 g/mol. The Kier molecular flexibility index (Phi) is 3.17. The zero-order valence-electron chi connectivity index (χ0n) is 8.76. The molecule has 1 N–H and O–H groups in total. The van der Waals surface area contributed by atoms with Crippen LogP contribution in [0.4, 0.5) is 0 Å². The number of aromatic nitrogens is 2. The van der Waals surface area contributed by atoms with Crippen molar-refractivity contribution in [2.75, 3.05) is 0 Å². The Morgan fingerprint density at radius 3 is 2.69 bits per heavy atom. The van der Waals surface area contributed by atoms with Crippen LogP contribution in [0.1, 0.15) is 23.1 Å². The molecule has 4 heteroatoms. The lowest BCUT2D eigenvalue weighted by Gasteiger charge is -2.10. The lowest BCUT2D eigenvalue weighted by atomic mass is 10.1. The van der Waals surface area contributed by atoms with Crippen LogP contribution in [-0.4, -0.2) is 15.1 Å². The molecule has 16 heavy (non-hydrogen) atoms. The molecular formula is C12H11ClN2O. The highest BCUT2D eigenvalue weighted by atomic mass is 35.5. The van der Waals surface area contributed by atoms with E-state index in [1.54, 1.807) is 36.7 Å². The van der Waals surface area contributed by atoms with Crippen molar-refractivity contribution in [3.8, 4) is 0 Å². The van der Waals surface area contributed by atoms with E-state index in [-0.39, 0.29) is 0 Å². The molecule has 0 bridgehead atoms. The van der Waals surface area contributed by atoms with E-state index in [9.17, 15) is 5.11 Å². The average Bonchev–Trinajstić information content (AvgIpc) is 2.29. The highest BCUT2D eigenvalue weighted by molar-refractivity contribution is 6.30. The Balaban J connectivity index is 2.31. The van der Waals surface area contributed by atoms with Gasteiger partial charge in [0.1, 0.15) is 6.10 Å². The van der Waals surface area contributed by atoms with Crippen LogP contribution in [0.3, 0.4) is 0 Å². The third kappa shape index (κ3) is 2.38. The minimum atomic E-state index is -0.785. The molecule has 0 aliphatic heterocycles. The van der Waals surface area contributed by atoms with E-state index in [4.69, 9.17) is 11.6 Å². The van der Waals surface area contributed by atoms with Crippen molar-refractivity contribution in [2.45, 2.75) is 13.0 Å². The SMILES string of the molecule is Cc1cnc(C(O)c2cccc(Cl)c2)cn1. The van der Waals surface area contributed by atoms with Crippen molar-refractivity contribution in [1.82, 2.24) is 9.97 Å². The van der Waals surface area contributed by atoms with Crippen LogP contribution in [0.2, 0.25) is 5.02 Å². The Morgan fingerprint density at radius 2 is 2.06 bits per heavy atom. The summed E-state index contributed by atoms with van der Waals surface area (Å²) in [6.07, 6.45) is 2.41. The monoisotopic (exact) mass is 234 g/mol. The highest BCUT2D eigenvalue weighted by Gasteiger charge is 2.12. The van der Waals surface area contributed by atoms with Crippen LogP contribution in [0, 0.1) is 6.92 Å². The Labute approximate surface area is 98.8 Å². The molecule has 3 nitrogen and oxygen atoms in total. The predicted molar refractivity (Wildman–Crippen MR) is 62.3 cm³/mol. The molecule has 1 atom stereocenters. The van der Waals surface area contributed by atoms with Crippen LogP contribution in [0.5, 0.6) is 0 Å². The van der Waals surface area contributed by atoms with Crippen molar-refractivity contribution in [3.63, 3.8) is 0 Å². The molecule has 2 aromatic rings. The molecule has 1 unspecified atom stereocenters. The van der Waals surface area contributed by atoms with Gasteiger partial charge in [0.05, 0.1) is 17.6 Å². The maximum absolute atomic E-state index is 10.0. The van der Waals surface area contributed by atoms with Crippen molar-refractivity contribution in [3.05, 3.63) is 58.6 Å². The van der Waals surface area contributed by atoms with E-state index >= 15 is 0 Å².